The summed E-state index contributed by atoms with van der Waals surface area (Å²) in [6.07, 6.45) is -11.5. The van der Waals surface area contributed by atoms with Crippen LogP contribution in [-0.4, -0.2) is 11.7 Å². The van der Waals surface area contributed by atoms with Crippen LogP contribution < -0.4 is 5.43 Å². The highest BCUT2D eigenvalue weighted by Gasteiger charge is 2.41. The number of rotatable bonds is 19. The molecule has 1 unspecified atom stereocenters. The van der Waals surface area contributed by atoms with E-state index >= 15 is 0 Å². The molecule has 19 aromatic carbocycles. The molecule has 147 heavy (non-hydrogen) atoms. The Hall–Kier alpha value is -13.8. The highest BCUT2D eigenvalue weighted by molar-refractivity contribution is 8.04. The second-order valence-corrected chi connectivity index (χ2v) is 47.0. The first-order chi connectivity index (χ1) is 71.1. The first kappa shape index (κ1) is 106. The second-order valence-electron chi connectivity index (χ2n) is 33.9. The van der Waals surface area contributed by atoms with E-state index in [0.29, 0.717) is 35.3 Å². The first-order valence-corrected chi connectivity index (χ1v) is 55.0. The zero-order valence-electron chi connectivity index (χ0n) is 79.5. The van der Waals surface area contributed by atoms with E-state index in [9.17, 15) is 61.9 Å². The van der Waals surface area contributed by atoms with E-state index in [1.807, 2.05) is 128 Å². The maximum atomic E-state index is 13.6. The van der Waals surface area contributed by atoms with Crippen molar-refractivity contribution in [3.05, 3.63) is 552 Å². The van der Waals surface area contributed by atoms with Crippen LogP contribution in [0.15, 0.2) is 573 Å². The van der Waals surface area contributed by atoms with Gasteiger partial charge < -0.3 is 5.11 Å². The molecule has 2 heterocycles. The third kappa shape index (κ3) is 27.4. The zero-order valence-corrected chi connectivity index (χ0v) is 85.2. The van der Waals surface area contributed by atoms with Crippen LogP contribution in [0.2, 0.25) is 0 Å². The smallest absolute Gasteiger partial charge is 0.396 e. The minimum atomic E-state index is -4.45. The van der Waals surface area contributed by atoms with Crippen molar-refractivity contribution in [2.45, 2.75) is 141 Å². The highest BCUT2D eigenvalue weighted by atomic mass is 32.2. The molecule has 0 saturated carbocycles. The summed E-state index contributed by atoms with van der Waals surface area (Å²) in [7, 11) is -2.75. The lowest BCUT2D eigenvalue weighted by Gasteiger charge is -2.18. The van der Waals surface area contributed by atoms with Crippen molar-refractivity contribution in [1.82, 2.24) is 0 Å². The number of hydrogen-bond donors (Lipinski definition) is 1. The van der Waals surface area contributed by atoms with Gasteiger partial charge in [0, 0.05) is 59.5 Å². The SMILES string of the molecule is CC(C)c1ccc2c(c1)c(=O)c1ccccc1[s+]2-c1ccc(-c2ccccc2)cc1.Cc1ccc([S+](c2ccc(C(F)(F)F)cc2)c2ccc(C(F)(F)F)cc2)cc1.FC(F)(F)c1cccc([S+](c2ccccc2)c2ccccc2)c1.Fc1cc(F)cc([S+](c2ccccc2)c2cc(F)cc(F)c2)c1.OCCCc1ccc([S+]2c3ccccc3Sc3ccccc32)cc1.c1ccc([S+](c2ccccc2)c2ccccc2)cc1. The molecule has 1 aliphatic heterocycles. The Balaban J connectivity index is 0.000000127. The molecule has 0 aliphatic carbocycles. The normalized spacial score (nSPS) is 11.9. The van der Waals surface area contributed by atoms with Crippen LogP contribution in [0, 0.1) is 30.2 Å². The summed E-state index contributed by atoms with van der Waals surface area (Å²) in [6, 6.07) is 149. The minimum absolute atomic E-state index is 0.0146. The van der Waals surface area contributed by atoms with Crippen molar-refractivity contribution >= 4 is 96.9 Å². The molecule has 0 saturated heterocycles. The number of halogens is 13. The van der Waals surface area contributed by atoms with Crippen LogP contribution in [0.4, 0.5) is 57.1 Å². The molecule has 20 aromatic rings. The van der Waals surface area contributed by atoms with Gasteiger partial charge in [0.25, 0.3) is 0 Å². The number of aliphatic hydroxyl groups is 1. The average Bonchev–Trinajstić information content (AvgIpc) is 0.750. The Kier molecular flexibility index (Phi) is 35.8. The number of alkyl halides is 9. The lowest BCUT2D eigenvalue weighted by atomic mass is 10.0. The number of benzene rings is 19. The summed E-state index contributed by atoms with van der Waals surface area (Å²) in [5.74, 6) is -2.53. The molecule has 1 aliphatic rings. The van der Waals surface area contributed by atoms with Crippen molar-refractivity contribution in [3.8, 4) is 16.0 Å². The topological polar surface area (TPSA) is 37.3 Å². The maximum Gasteiger partial charge on any atom is 0.416 e. The fourth-order valence-electron chi connectivity index (χ4n) is 16.3. The van der Waals surface area contributed by atoms with Gasteiger partial charge in [-0.1, -0.05) is 243 Å². The van der Waals surface area contributed by atoms with E-state index in [2.05, 4.69) is 250 Å². The number of fused-ring (bicyclic) bond motifs is 4. The lowest BCUT2D eigenvalue weighted by molar-refractivity contribution is -0.138. The molecule has 22 heteroatoms. The van der Waals surface area contributed by atoms with Crippen molar-refractivity contribution in [2.75, 3.05) is 6.61 Å². The van der Waals surface area contributed by atoms with Gasteiger partial charge in [-0.3, -0.25) is 4.79 Å². The quantitative estimate of drug-likeness (QED) is 0.0498. The summed E-state index contributed by atoms with van der Waals surface area (Å²) < 4.78 is 173. The molecule has 1 atom stereocenters. The molecular formula is C125H97F13O2S7+6. The van der Waals surface area contributed by atoms with Gasteiger partial charge in [-0.2, -0.15) is 39.5 Å². The minimum Gasteiger partial charge on any atom is -0.396 e. The van der Waals surface area contributed by atoms with E-state index in [-0.39, 0.29) is 44.3 Å². The second kappa shape index (κ2) is 49.6. The Morgan fingerprint density at radius 3 is 1.03 bits per heavy atom. The zero-order chi connectivity index (χ0) is 103. The molecule has 2 nitrogen and oxygen atoms in total. The summed E-state index contributed by atoms with van der Waals surface area (Å²) in [4.78, 5) is 31.6. The number of aryl methyl sites for hydroxylation is 2. The van der Waals surface area contributed by atoms with E-state index in [1.54, 1.807) is 36.4 Å². The van der Waals surface area contributed by atoms with Gasteiger partial charge in [-0.25, -0.2) is 17.6 Å². The molecule has 1 aromatic heterocycles. The Morgan fingerprint density at radius 1 is 0.293 bits per heavy atom. The predicted molar refractivity (Wildman–Crippen MR) is 578 cm³/mol. The average molecular weight is 2100 g/mol. The van der Waals surface area contributed by atoms with Crippen LogP contribution in [0.3, 0.4) is 0 Å². The molecule has 0 radical (unpaired) electrons. The van der Waals surface area contributed by atoms with Gasteiger partial charge in [0.15, 0.2) is 87.7 Å². The Labute approximate surface area is 868 Å². The van der Waals surface area contributed by atoms with E-state index < -0.39 is 91.2 Å². The first-order valence-electron chi connectivity index (χ1n) is 46.8. The van der Waals surface area contributed by atoms with Gasteiger partial charge in [0.1, 0.15) is 34.2 Å². The van der Waals surface area contributed by atoms with Crippen LogP contribution in [0.5, 0.6) is 0 Å². The molecule has 21 rings (SSSR count). The molecule has 736 valence electrons. The van der Waals surface area contributed by atoms with Crippen LogP contribution in [-0.2, 0) is 79.4 Å². The Bertz CT molecular complexity index is 7450. The summed E-state index contributed by atoms with van der Waals surface area (Å²) in [6.45, 7) is 6.50. The highest BCUT2D eigenvalue weighted by Crippen LogP contribution is 2.50. The molecule has 0 spiro atoms. The standard InChI is InChI=1S/C28H23OS.C21H15F6S.C21H19OS2.C19H14F3S.C18H11F4S.C18H15S/c1-19(2)22-14-17-27-25(18-22)28(29)24-10-6-7-11-26(24)30(27)23-15-12-21(13-16-23)20-8-4-3-5-9-20;1-14-2-8-17(9-3-14)28(18-10-4-15(5-11-18)20(22,23)24)19-12-6-16(7-13-19)21(25,26)27;22-15-5-6-16-11-13-17(14-12-16)24-20-9-3-1-7-18(20)23-19-8-2-4-10-21(19)24;20-19(21,22)15-8-7-13-18(14-15)23(16-9-3-1-4-10-16)17-11-5-2-6-12-17;19-12-6-13(20)9-17(8-12)23(16-4-2-1-3-5-16)18-10-14(21)7-15(22)11-18;1-4-10-16(11-5-1)19(17-12-6-2-7-13-17)18-14-8-3-9-15-18/h3-19H,1-2H3;2-13H,1H3;1-4,7-14,22H,5-6,15H2;1-14H;1-11H;1-15H/q6*+1. The number of hydrogen-bond acceptors (Lipinski definition) is 3. The van der Waals surface area contributed by atoms with E-state index in [1.165, 1.54) is 127 Å². The van der Waals surface area contributed by atoms with Gasteiger partial charge >= 0.3 is 18.5 Å². The summed E-state index contributed by atoms with van der Waals surface area (Å²) >= 11 is 1.87. The molecule has 1 N–H and O–H groups in total. The van der Waals surface area contributed by atoms with E-state index in [4.69, 9.17) is 5.11 Å². The van der Waals surface area contributed by atoms with Crippen LogP contribution in [0.25, 0.3) is 36.2 Å². The van der Waals surface area contributed by atoms with Crippen molar-refractivity contribution < 1.29 is 62.2 Å². The Morgan fingerprint density at radius 2 is 0.626 bits per heavy atom. The molecule has 0 amide bonds. The number of aliphatic hydroxyl groups excluding tert-OH is 1. The van der Waals surface area contributed by atoms with Crippen molar-refractivity contribution in [3.63, 3.8) is 0 Å². The predicted octanol–water partition coefficient (Wildman–Crippen LogP) is 36.1. The van der Waals surface area contributed by atoms with E-state index in [0.717, 1.165) is 95.7 Å². The fraction of sp³-hybridized carbons (Fsp3) is 0.0800. The third-order valence-electron chi connectivity index (χ3n) is 23.3. The monoisotopic (exact) mass is 2100 g/mol. The lowest BCUT2D eigenvalue weighted by Crippen LogP contribution is -2.10. The summed E-state index contributed by atoms with van der Waals surface area (Å²) in [5.41, 5.74) is 3.94. The largest absolute Gasteiger partial charge is 0.416 e. The third-order valence-corrected chi connectivity index (χ3v) is 38.2. The van der Waals surface area contributed by atoms with Crippen LogP contribution >= 0.6 is 22.2 Å². The van der Waals surface area contributed by atoms with Gasteiger partial charge in [-0.05, 0) is 278 Å². The van der Waals surface area contributed by atoms with Crippen molar-refractivity contribution in [2.24, 2.45) is 0 Å². The molecule has 0 fully saturated rings. The van der Waals surface area contributed by atoms with Crippen molar-refractivity contribution in [1.29, 1.82) is 0 Å². The molecular weight excluding hydrogens is 2000 g/mol. The van der Waals surface area contributed by atoms with Gasteiger partial charge in [0.2, 0.25) is 5.43 Å². The maximum absolute atomic E-state index is 13.6. The van der Waals surface area contributed by atoms with Crippen LogP contribution in [0.1, 0.15) is 59.6 Å². The summed E-state index contributed by atoms with van der Waals surface area (Å²) in [5, 5.41) is 10.7. The van der Waals surface area contributed by atoms with Gasteiger partial charge in [0.05, 0.1) is 80.8 Å². The fourth-order valence-corrected chi connectivity index (χ4v) is 30.8. The van der Waals surface area contributed by atoms with Gasteiger partial charge in [-0.15, -0.1) is 0 Å². The molecule has 0 bridgehead atoms.